The maximum Gasteiger partial charge on any atom is 0.303 e. The van der Waals surface area contributed by atoms with Gasteiger partial charge in [-0.2, -0.15) is 0 Å². The van der Waals surface area contributed by atoms with Crippen molar-refractivity contribution in [2.24, 2.45) is 0 Å². The molecule has 0 amide bonds. The standard InChI is InChI=1S/C21H24NO13/c1-10(24)30-9-17-18(31-11(2)25)19(32-12(3)26)20(33-13(4)27)21(35-17)34-16-6-5-14(8-23)7-15(16)22(28)29/h5-8,17-21,28H,9H2,1-4H3/q-1/t17-,18+,19+,20-,21-/m1/s1. The topological polar surface area (TPSA) is 187 Å². The zero-order valence-electron chi connectivity index (χ0n) is 19.2. The van der Waals surface area contributed by atoms with Crippen molar-refractivity contribution in [1.82, 2.24) is 0 Å². The van der Waals surface area contributed by atoms with Gasteiger partial charge in [-0.05, 0) is 18.2 Å². The molecule has 1 heterocycles. The van der Waals surface area contributed by atoms with E-state index in [4.69, 9.17) is 28.4 Å². The Kier molecular flexibility index (Phi) is 9.50. The van der Waals surface area contributed by atoms with Crippen LogP contribution in [0.5, 0.6) is 5.75 Å². The van der Waals surface area contributed by atoms with Crippen LogP contribution < -0.4 is 9.96 Å². The molecule has 1 aromatic carbocycles. The number of anilines is 1. The fraction of sp³-hybridized carbons (Fsp3) is 0.476. The Morgan fingerprint density at radius 1 is 0.971 bits per heavy atom. The highest BCUT2D eigenvalue weighted by Crippen LogP contribution is 2.34. The van der Waals surface area contributed by atoms with Crippen LogP contribution >= 0.6 is 0 Å². The van der Waals surface area contributed by atoms with Gasteiger partial charge in [0.15, 0.2) is 12.2 Å². The molecule has 0 radical (unpaired) electrons. The number of hydrogen-bond acceptors (Lipinski definition) is 14. The molecule has 0 aromatic heterocycles. The van der Waals surface area contributed by atoms with Gasteiger partial charge in [0.05, 0.1) is 5.69 Å². The van der Waals surface area contributed by atoms with Crippen molar-refractivity contribution >= 4 is 35.9 Å². The molecule has 35 heavy (non-hydrogen) atoms. The van der Waals surface area contributed by atoms with Gasteiger partial charge in [-0.3, -0.25) is 29.2 Å². The van der Waals surface area contributed by atoms with Crippen molar-refractivity contribution in [2.75, 3.05) is 11.8 Å². The quantitative estimate of drug-likeness (QED) is 0.216. The molecule has 1 fully saturated rings. The second-order valence-electron chi connectivity index (χ2n) is 7.30. The molecule has 0 bridgehead atoms. The minimum atomic E-state index is -1.63. The lowest BCUT2D eigenvalue weighted by molar-refractivity contribution is -0.288. The third-order valence-electron chi connectivity index (χ3n) is 4.52. The summed E-state index contributed by atoms with van der Waals surface area (Å²) in [6.45, 7) is 3.81. The van der Waals surface area contributed by atoms with Gasteiger partial charge in [0.25, 0.3) is 0 Å². The summed E-state index contributed by atoms with van der Waals surface area (Å²) in [6, 6.07) is 3.44. The van der Waals surface area contributed by atoms with E-state index in [1.165, 1.54) is 6.07 Å². The maximum absolute atomic E-state index is 11.8. The molecule has 14 nitrogen and oxygen atoms in total. The molecule has 1 aliphatic heterocycles. The van der Waals surface area contributed by atoms with Crippen LogP contribution in [0.3, 0.4) is 0 Å². The summed E-state index contributed by atoms with van der Waals surface area (Å²) < 4.78 is 32.1. The fourth-order valence-electron chi connectivity index (χ4n) is 3.27. The number of hydrogen-bond donors (Lipinski definition) is 1. The van der Waals surface area contributed by atoms with E-state index in [2.05, 4.69) is 0 Å². The van der Waals surface area contributed by atoms with E-state index in [0.29, 0.717) is 6.29 Å². The van der Waals surface area contributed by atoms with Crippen molar-refractivity contribution < 1.29 is 57.6 Å². The van der Waals surface area contributed by atoms with Gasteiger partial charge in [0, 0.05) is 33.3 Å². The molecule has 2 rings (SSSR count). The van der Waals surface area contributed by atoms with Crippen molar-refractivity contribution in [3.05, 3.63) is 29.0 Å². The van der Waals surface area contributed by atoms with E-state index in [1.807, 2.05) is 0 Å². The molecule has 1 aliphatic rings. The number of carbonyl (C=O) groups excluding carboxylic acids is 5. The van der Waals surface area contributed by atoms with E-state index in [9.17, 15) is 34.4 Å². The number of aldehydes is 1. The third kappa shape index (κ3) is 7.63. The fourth-order valence-corrected chi connectivity index (χ4v) is 3.27. The molecule has 1 aromatic rings. The molecule has 14 heteroatoms. The van der Waals surface area contributed by atoms with Crippen molar-refractivity contribution in [3.8, 4) is 5.75 Å². The lowest BCUT2D eigenvalue weighted by Gasteiger charge is -2.44. The van der Waals surface area contributed by atoms with Gasteiger partial charge in [-0.15, -0.1) is 0 Å². The minimum Gasteiger partial charge on any atom is -0.733 e. The van der Waals surface area contributed by atoms with E-state index in [1.54, 1.807) is 0 Å². The second kappa shape index (κ2) is 12.1. The first-order valence-corrected chi connectivity index (χ1v) is 10.2. The van der Waals surface area contributed by atoms with Gasteiger partial charge in [-0.1, -0.05) is 0 Å². The summed E-state index contributed by atoms with van der Waals surface area (Å²) in [5.41, 5.74) is -0.466. The SMILES string of the molecule is CC(=O)OC[C@H]1O[C@@H](Oc2ccc(C=O)cc2N([O-])O)[C@H](OC(C)=O)[C@@H](OC(C)=O)[C@H]1OC(C)=O. The van der Waals surface area contributed by atoms with Gasteiger partial charge >= 0.3 is 23.9 Å². The second-order valence-corrected chi connectivity index (χ2v) is 7.30. The molecule has 0 spiro atoms. The summed E-state index contributed by atoms with van der Waals surface area (Å²) in [6.07, 6.45) is -6.92. The Morgan fingerprint density at radius 3 is 2.06 bits per heavy atom. The van der Waals surface area contributed by atoms with Gasteiger partial charge in [-0.25, -0.2) is 0 Å². The predicted molar refractivity (Wildman–Crippen MR) is 112 cm³/mol. The Morgan fingerprint density at radius 2 is 1.54 bits per heavy atom. The van der Waals surface area contributed by atoms with Crippen LogP contribution in [0.2, 0.25) is 0 Å². The summed E-state index contributed by atoms with van der Waals surface area (Å²) >= 11 is 0. The van der Waals surface area contributed by atoms with Crippen LogP contribution in [0.1, 0.15) is 38.1 Å². The van der Waals surface area contributed by atoms with Gasteiger partial charge in [0.2, 0.25) is 12.4 Å². The molecule has 192 valence electrons. The van der Waals surface area contributed by atoms with E-state index in [-0.39, 0.29) is 11.3 Å². The van der Waals surface area contributed by atoms with E-state index >= 15 is 0 Å². The van der Waals surface area contributed by atoms with E-state index < -0.39 is 72.1 Å². The number of carbonyl (C=O) groups is 5. The summed E-state index contributed by atoms with van der Waals surface area (Å²) in [4.78, 5) is 57.8. The van der Waals surface area contributed by atoms with Crippen LogP contribution in [0.25, 0.3) is 0 Å². The lowest BCUT2D eigenvalue weighted by atomic mass is 9.98. The molecule has 0 aliphatic carbocycles. The van der Waals surface area contributed by atoms with Crippen LogP contribution in [-0.4, -0.2) is 72.7 Å². The number of esters is 4. The van der Waals surface area contributed by atoms with Crippen LogP contribution in [-0.2, 0) is 42.9 Å². The Bertz CT molecular complexity index is 963. The average Bonchev–Trinajstić information content (AvgIpc) is 2.75. The lowest BCUT2D eigenvalue weighted by Crippen LogP contribution is -2.63. The normalized spacial score (nSPS) is 23.4. The van der Waals surface area contributed by atoms with Gasteiger partial charge < -0.3 is 38.9 Å². The molecular weight excluding hydrogens is 474 g/mol. The summed E-state index contributed by atoms with van der Waals surface area (Å²) in [7, 11) is 0. The average molecular weight is 498 g/mol. The maximum atomic E-state index is 11.8. The smallest absolute Gasteiger partial charge is 0.303 e. The Hall–Kier alpha value is -3.75. The molecule has 0 unspecified atom stereocenters. The number of rotatable bonds is 9. The highest BCUT2D eigenvalue weighted by Gasteiger charge is 2.53. The monoisotopic (exact) mass is 498 g/mol. The zero-order chi connectivity index (χ0) is 26.3. The Labute approximate surface area is 199 Å². The van der Waals surface area contributed by atoms with Crippen molar-refractivity contribution in [1.29, 1.82) is 0 Å². The van der Waals surface area contributed by atoms with E-state index in [0.717, 1.165) is 39.8 Å². The van der Waals surface area contributed by atoms with Crippen LogP contribution in [0.4, 0.5) is 5.69 Å². The predicted octanol–water partition coefficient (Wildman–Crippen LogP) is 0.654. The largest absolute Gasteiger partial charge is 0.733 e. The number of nitrogens with zero attached hydrogens (tertiary/aromatic N) is 1. The molecule has 0 saturated carbocycles. The van der Waals surface area contributed by atoms with Crippen molar-refractivity contribution in [2.45, 2.75) is 58.4 Å². The van der Waals surface area contributed by atoms with Gasteiger partial charge in [0.1, 0.15) is 24.7 Å². The molecule has 5 atom stereocenters. The molecule has 1 N–H and O–H groups in total. The highest BCUT2D eigenvalue weighted by molar-refractivity contribution is 5.79. The number of ether oxygens (including phenoxy) is 6. The van der Waals surface area contributed by atoms with Crippen LogP contribution in [0, 0.1) is 5.21 Å². The van der Waals surface area contributed by atoms with Crippen molar-refractivity contribution in [3.63, 3.8) is 0 Å². The third-order valence-corrected chi connectivity index (χ3v) is 4.52. The molecule has 1 saturated heterocycles. The first-order chi connectivity index (χ1) is 16.4. The Balaban J connectivity index is 2.54. The first-order valence-electron chi connectivity index (χ1n) is 10.2. The van der Waals surface area contributed by atoms with Crippen LogP contribution in [0.15, 0.2) is 18.2 Å². The highest BCUT2D eigenvalue weighted by atomic mass is 16.8. The zero-order valence-corrected chi connectivity index (χ0v) is 19.2. The number of benzene rings is 1. The summed E-state index contributed by atoms with van der Waals surface area (Å²) in [5, 5.41) is 20.5. The summed E-state index contributed by atoms with van der Waals surface area (Å²) in [5.74, 6) is -3.51. The minimum absolute atomic E-state index is 0.0313. The first kappa shape index (κ1) is 27.5. The molecular formula is C21H24NO13-.